The van der Waals surface area contributed by atoms with Gasteiger partial charge >= 0.3 is 0 Å². The summed E-state index contributed by atoms with van der Waals surface area (Å²) in [5.74, 6) is 0.316. The summed E-state index contributed by atoms with van der Waals surface area (Å²) in [4.78, 5) is 2.69. The third-order valence-electron chi connectivity index (χ3n) is 1.98. The lowest BCUT2D eigenvalue weighted by atomic mass is 9.95. The zero-order valence-corrected chi connectivity index (χ0v) is 7.06. The molecule has 0 aromatic rings. The number of aliphatic hydroxyl groups excluding tert-OH is 1. The molecule has 1 unspecified atom stereocenters. The van der Waals surface area contributed by atoms with Crippen LogP contribution in [0, 0.1) is 5.92 Å². The molecule has 0 aliphatic heterocycles. The van der Waals surface area contributed by atoms with Gasteiger partial charge in [-0.25, -0.2) is 0 Å². The van der Waals surface area contributed by atoms with E-state index in [1.54, 1.807) is 0 Å². The first kappa shape index (κ1) is 10.3. The third kappa shape index (κ3) is 3.25. The van der Waals surface area contributed by atoms with E-state index in [0.717, 1.165) is 12.8 Å². The zero-order chi connectivity index (χ0) is 8.69. The Morgan fingerprint density at radius 1 is 1.45 bits per heavy atom. The van der Waals surface area contributed by atoms with Crippen molar-refractivity contribution < 1.29 is 5.11 Å². The molecule has 0 aliphatic carbocycles. The van der Waals surface area contributed by atoms with Gasteiger partial charge in [-0.05, 0) is 11.4 Å². The second-order valence-corrected chi connectivity index (χ2v) is 2.53. The third-order valence-corrected chi connectivity index (χ3v) is 1.98. The van der Waals surface area contributed by atoms with Crippen molar-refractivity contribution in [3.63, 3.8) is 0 Å². The summed E-state index contributed by atoms with van der Waals surface area (Å²) in [7, 11) is 0. The monoisotopic (exact) mass is 157 g/mol. The molecule has 0 bridgehead atoms. The van der Waals surface area contributed by atoms with Crippen LogP contribution >= 0.6 is 0 Å². The van der Waals surface area contributed by atoms with Crippen molar-refractivity contribution in [3.05, 3.63) is 10.4 Å². The van der Waals surface area contributed by atoms with E-state index in [4.69, 9.17) is 10.6 Å². The summed E-state index contributed by atoms with van der Waals surface area (Å²) >= 11 is 0. The maximum Gasteiger partial charge on any atom is 0.0633 e. The van der Waals surface area contributed by atoms with E-state index in [2.05, 4.69) is 10.0 Å². The van der Waals surface area contributed by atoms with Gasteiger partial charge in [0, 0.05) is 4.91 Å². The minimum absolute atomic E-state index is 0.0452. The molecule has 0 rings (SSSR count). The first-order valence-corrected chi connectivity index (χ1v) is 3.95. The van der Waals surface area contributed by atoms with Crippen molar-refractivity contribution in [3.8, 4) is 0 Å². The molecule has 0 saturated heterocycles. The van der Waals surface area contributed by atoms with Gasteiger partial charge in [0.1, 0.15) is 0 Å². The highest BCUT2D eigenvalue weighted by atomic mass is 16.3. The van der Waals surface area contributed by atoms with Crippen LogP contribution in [0.2, 0.25) is 0 Å². The van der Waals surface area contributed by atoms with Crippen molar-refractivity contribution in [1.29, 1.82) is 0 Å². The molecule has 0 aliphatic rings. The predicted octanol–water partition coefficient (Wildman–Crippen LogP) is 2.09. The van der Waals surface area contributed by atoms with E-state index in [1.807, 2.05) is 13.8 Å². The molecule has 4 heteroatoms. The average molecular weight is 157 g/mol. The van der Waals surface area contributed by atoms with Crippen LogP contribution in [0.5, 0.6) is 0 Å². The Morgan fingerprint density at radius 3 is 2.27 bits per heavy atom. The van der Waals surface area contributed by atoms with Crippen LogP contribution in [0.25, 0.3) is 10.4 Å². The van der Waals surface area contributed by atoms with Crippen molar-refractivity contribution >= 4 is 0 Å². The van der Waals surface area contributed by atoms with Gasteiger partial charge < -0.3 is 5.11 Å². The fourth-order valence-corrected chi connectivity index (χ4v) is 1.18. The quantitative estimate of drug-likeness (QED) is 0.370. The Balaban J connectivity index is 4.08. The van der Waals surface area contributed by atoms with Crippen molar-refractivity contribution in [2.75, 3.05) is 6.61 Å². The van der Waals surface area contributed by atoms with Gasteiger partial charge in [-0.3, -0.25) is 0 Å². The van der Waals surface area contributed by atoms with Gasteiger partial charge in [0.25, 0.3) is 0 Å². The average Bonchev–Trinajstić information content (AvgIpc) is 2.05. The first-order chi connectivity index (χ1) is 5.29. The summed E-state index contributed by atoms with van der Waals surface area (Å²) in [5.41, 5.74) is 8.15. The molecule has 0 amide bonds. The Morgan fingerprint density at radius 2 is 2.00 bits per heavy atom. The van der Waals surface area contributed by atoms with E-state index in [0.29, 0.717) is 5.92 Å². The van der Waals surface area contributed by atoms with E-state index in [1.165, 1.54) is 0 Å². The molecule has 0 saturated carbocycles. The fraction of sp³-hybridized carbons (Fsp3) is 1.00. The first-order valence-electron chi connectivity index (χ1n) is 3.95. The molecule has 0 aromatic heterocycles. The number of hydrogen-bond acceptors (Lipinski definition) is 2. The van der Waals surface area contributed by atoms with Crippen LogP contribution in [0.15, 0.2) is 5.11 Å². The predicted molar refractivity (Wildman–Crippen MR) is 44.1 cm³/mol. The lowest BCUT2D eigenvalue weighted by Crippen LogP contribution is -2.20. The van der Waals surface area contributed by atoms with Gasteiger partial charge in [-0.2, -0.15) is 0 Å². The molecule has 0 spiro atoms. The molecule has 0 fully saturated rings. The second-order valence-electron chi connectivity index (χ2n) is 2.53. The molecule has 64 valence electrons. The number of nitrogens with zero attached hydrogens (tertiary/aromatic N) is 3. The van der Waals surface area contributed by atoms with Crippen LogP contribution in [-0.2, 0) is 0 Å². The van der Waals surface area contributed by atoms with Crippen LogP contribution in [0.1, 0.15) is 26.7 Å². The van der Waals surface area contributed by atoms with E-state index in [9.17, 15) is 0 Å². The van der Waals surface area contributed by atoms with Gasteiger partial charge in [0.05, 0.1) is 12.6 Å². The molecule has 1 atom stereocenters. The standard InChI is InChI=1S/C7H15N3O/c1-3-6(4-2)7(5-11)9-10-8/h6-7,11H,3-5H2,1-2H3. The largest absolute Gasteiger partial charge is 0.396 e. The molecule has 4 nitrogen and oxygen atoms in total. The smallest absolute Gasteiger partial charge is 0.0633 e. The summed E-state index contributed by atoms with van der Waals surface area (Å²) in [6.45, 7) is 4.02. The lowest BCUT2D eigenvalue weighted by Gasteiger charge is -2.17. The number of rotatable bonds is 5. The highest BCUT2D eigenvalue weighted by Crippen LogP contribution is 2.15. The molecule has 0 radical (unpaired) electrons. The fourth-order valence-electron chi connectivity index (χ4n) is 1.18. The minimum atomic E-state index is -0.241. The Labute approximate surface area is 66.9 Å². The van der Waals surface area contributed by atoms with Crippen LogP contribution in [0.4, 0.5) is 0 Å². The Bertz CT molecular complexity index is 139. The number of hydrogen-bond donors (Lipinski definition) is 1. The van der Waals surface area contributed by atoms with Crippen molar-refractivity contribution in [2.24, 2.45) is 11.0 Å². The molecular formula is C7H15N3O. The summed E-state index contributed by atoms with van der Waals surface area (Å²) < 4.78 is 0. The number of aliphatic hydroxyl groups is 1. The molecular weight excluding hydrogens is 142 g/mol. The maximum absolute atomic E-state index is 8.82. The number of azide groups is 1. The highest BCUT2D eigenvalue weighted by molar-refractivity contribution is 4.73. The summed E-state index contributed by atoms with van der Waals surface area (Å²) in [5, 5.41) is 12.3. The van der Waals surface area contributed by atoms with Gasteiger partial charge in [-0.15, -0.1) is 0 Å². The normalized spacial score (nSPS) is 12.7. The van der Waals surface area contributed by atoms with E-state index >= 15 is 0 Å². The zero-order valence-electron chi connectivity index (χ0n) is 7.06. The summed E-state index contributed by atoms with van der Waals surface area (Å²) in [6, 6.07) is -0.241. The lowest BCUT2D eigenvalue weighted by molar-refractivity contribution is 0.220. The molecule has 1 N–H and O–H groups in total. The highest BCUT2D eigenvalue weighted by Gasteiger charge is 2.15. The van der Waals surface area contributed by atoms with Crippen molar-refractivity contribution in [1.82, 2.24) is 0 Å². The maximum atomic E-state index is 8.82. The van der Waals surface area contributed by atoms with Gasteiger partial charge in [0.15, 0.2) is 0 Å². The summed E-state index contributed by atoms with van der Waals surface area (Å²) in [6.07, 6.45) is 1.89. The van der Waals surface area contributed by atoms with E-state index < -0.39 is 0 Å². The Hall–Kier alpha value is -0.730. The Kier molecular flexibility index (Phi) is 5.61. The molecule has 0 aromatic carbocycles. The van der Waals surface area contributed by atoms with Crippen LogP contribution in [-0.4, -0.2) is 17.8 Å². The van der Waals surface area contributed by atoms with Crippen LogP contribution in [0.3, 0.4) is 0 Å². The van der Waals surface area contributed by atoms with Crippen LogP contribution < -0.4 is 0 Å². The molecule has 0 heterocycles. The SMILES string of the molecule is CCC(CC)C(CO)N=[N+]=[N-]. The molecule has 11 heavy (non-hydrogen) atoms. The van der Waals surface area contributed by atoms with E-state index in [-0.39, 0.29) is 12.6 Å². The van der Waals surface area contributed by atoms with Gasteiger partial charge in [0.2, 0.25) is 0 Å². The van der Waals surface area contributed by atoms with Gasteiger partial charge in [-0.1, -0.05) is 31.8 Å². The second kappa shape index (κ2) is 6.01. The topological polar surface area (TPSA) is 69.0 Å². The minimum Gasteiger partial charge on any atom is -0.396 e. The van der Waals surface area contributed by atoms with Crippen molar-refractivity contribution in [2.45, 2.75) is 32.7 Å².